The second-order valence-corrected chi connectivity index (χ2v) is 3.77. The molecule has 1 aromatic rings. The molecule has 0 aromatic carbocycles. The van der Waals surface area contributed by atoms with Crippen LogP contribution in [0.25, 0.3) is 0 Å². The van der Waals surface area contributed by atoms with E-state index >= 15 is 0 Å². The van der Waals surface area contributed by atoms with Gasteiger partial charge in [0.2, 0.25) is 0 Å². The lowest BCUT2D eigenvalue weighted by Crippen LogP contribution is -2.44. The van der Waals surface area contributed by atoms with Crippen LogP contribution in [0.3, 0.4) is 0 Å². The summed E-state index contributed by atoms with van der Waals surface area (Å²) in [5.74, 6) is 0.393. The van der Waals surface area contributed by atoms with Gasteiger partial charge in [-0.15, -0.1) is 5.10 Å². The molecule has 2 heterocycles. The quantitative estimate of drug-likeness (QED) is 0.845. The lowest BCUT2D eigenvalue weighted by atomic mass is 10.2. The van der Waals surface area contributed by atoms with Gasteiger partial charge in [-0.05, 0) is 6.07 Å². The summed E-state index contributed by atoms with van der Waals surface area (Å²) in [6, 6.07) is 1.32. The van der Waals surface area contributed by atoms with Crippen LogP contribution >= 0.6 is 0 Å². The van der Waals surface area contributed by atoms with E-state index in [4.69, 9.17) is 9.84 Å². The third-order valence-corrected chi connectivity index (χ3v) is 2.58. The van der Waals surface area contributed by atoms with Gasteiger partial charge in [0.25, 0.3) is 6.43 Å². The highest BCUT2D eigenvalue weighted by Crippen LogP contribution is 2.22. The monoisotopic (exact) mass is 245 g/mol. The summed E-state index contributed by atoms with van der Waals surface area (Å²) in [7, 11) is 0. The minimum atomic E-state index is -2.56. The Kier molecular flexibility index (Phi) is 3.80. The highest BCUT2D eigenvalue weighted by Gasteiger charge is 2.22. The van der Waals surface area contributed by atoms with Gasteiger partial charge in [0.05, 0.1) is 25.5 Å². The zero-order chi connectivity index (χ0) is 12.3. The Bertz CT molecular complexity index is 378. The molecule has 1 aliphatic rings. The number of ether oxygens (including phenoxy) is 1. The van der Waals surface area contributed by atoms with Crippen molar-refractivity contribution in [3.8, 4) is 0 Å². The standard InChI is InChI=1S/C10H13F2N3O2/c11-10(12)7-3-9(14-13-4-7)15-1-2-17-8(5-15)6-16/h3-4,8,10,16H,1-2,5-6H2/t8-/m0/s1. The number of aromatic nitrogens is 2. The molecule has 0 amide bonds. The number of hydrogen-bond acceptors (Lipinski definition) is 5. The van der Waals surface area contributed by atoms with Crippen molar-refractivity contribution in [1.82, 2.24) is 10.2 Å². The fourth-order valence-corrected chi connectivity index (χ4v) is 1.68. The van der Waals surface area contributed by atoms with Gasteiger partial charge in [-0.1, -0.05) is 0 Å². The Morgan fingerprint density at radius 3 is 3.12 bits per heavy atom. The van der Waals surface area contributed by atoms with Crippen LogP contribution in [0.2, 0.25) is 0 Å². The first-order valence-electron chi connectivity index (χ1n) is 5.29. The second-order valence-electron chi connectivity index (χ2n) is 3.77. The average molecular weight is 245 g/mol. The normalized spacial score (nSPS) is 20.9. The molecule has 5 nitrogen and oxygen atoms in total. The molecule has 2 rings (SSSR count). The fraction of sp³-hybridized carbons (Fsp3) is 0.600. The number of hydrogen-bond donors (Lipinski definition) is 1. The predicted molar refractivity (Wildman–Crippen MR) is 56.0 cm³/mol. The van der Waals surface area contributed by atoms with Crippen LogP contribution < -0.4 is 4.90 Å². The van der Waals surface area contributed by atoms with Crippen LogP contribution in [-0.2, 0) is 4.74 Å². The van der Waals surface area contributed by atoms with E-state index < -0.39 is 6.43 Å². The Morgan fingerprint density at radius 1 is 1.59 bits per heavy atom. The van der Waals surface area contributed by atoms with E-state index in [2.05, 4.69) is 10.2 Å². The number of aliphatic hydroxyl groups is 1. The van der Waals surface area contributed by atoms with Crippen molar-refractivity contribution in [3.05, 3.63) is 17.8 Å². The Morgan fingerprint density at radius 2 is 2.41 bits per heavy atom. The van der Waals surface area contributed by atoms with Gasteiger partial charge in [0, 0.05) is 18.7 Å². The molecule has 0 unspecified atom stereocenters. The Labute approximate surface area is 97.0 Å². The molecule has 1 atom stereocenters. The van der Waals surface area contributed by atoms with Crippen molar-refractivity contribution >= 4 is 5.82 Å². The molecule has 94 valence electrons. The maximum Gasteiger partial charge on any atom is 0.265 e. The first-order chi connectivity index (χ1) is 8.20. The van der Waals surface area contributed by atoms with Crippen LogP contribution in [-0.4, -0.2) is 47.7 Å². The molecule has 0 radical (unpaired) electrons. The summed E-state index contributed by atoms with van der Waals surface area (Å²) in [6.07, 6.45) is -1.81. The van der Waals surface area contributed by atoms with E-state index in [-0.39, 0.29) is 18.3 Å². The molecule has 0 spiro atoms. The number of aliphatic hydroxyl groups excluding tert-OH is 1. The molecule has 17 heavy (non-hydrogen) atoms. The molecule has 7 heteroatoms. The second kappa shape index (κ2) is 5.33. The summed E-state index contributed by atoms with van der Waals surface area (Å²) in [5.41, 5.74) is -0.151. The molecule has 0 aliphatic carbocycles. The fourth-order valence-electron chi connectivity index (χ4n) is 1.68. The zero-order valence-corrected chi connectivity index (χ0v) is 9.09. The van der Waals surface area contributed by atoms with Crippen LogP contribution in [0.4, 0.5) is 14.6 Å². The van der Waals surface area contributed by atoms with Gasteiger partial charge in [-0.25, -0.2) is 8.78 Å². The summed E-state index contributed by atoms with van der Waals surface area (Å²) < 4.78 is 30.3. The van der Waals surface area contributed by atoms with E-state index in [0.29, 0.717) is 25.5 Å². The first-order valence-corrected chi connectivity index (χ1v) is 5.29. The van der Waals surface area contributed by atoms with E-state index in [1.807, 2.05) is 0 Å². The summed E-state index contributed by atoms with van der Waals surface area (Å²) in [6.45, 7) is 1.32. The van der Waals surface area contributed by atoms with E-state index in [9.17, 15) is 8.78 Å². The molecule has 0 bridgehead atoms. The lowest BCUT2D eigenvalue weighted by molar-refractivity contribution is 0.00330. The van der Waals surface area contributed by atoms with Gasteiger partial charge in [-0.2, -0.15) is 5.10 Å². The molecule has 0 saturated carbocycles. The van der Waals surface area contributed by atoms with Gasteiger partial charge >= 0.3 is 0 Å². The molecule has 1 aromatic heterocycles. The van der Waals surface area contributed by atoms with Crippen molar-refractivity contribution in [1.29, 1.82) is 0 Å². The summed E-state index contributed by atoms with van der Waals surface area (Å²) in [4.78, 5) is 1.78. The van der Waals surface area contributed by atoms with Crippen LogP contribution in [0, 0.1) is 0 Å². The molecule has 1 saturated heterocycles. The van der Waals surface area contributed by atoms with Crippen molar-refractivity contribution < 1.29 is 18.6 Å². The largest absolute Gasteiger partial charge is 0.394 e. The topological polar surface area (TPSA) is 58.5 Å². The molecular weight excluding hydrogens is 232 g/mol. The maximum atomic E-state index is 12.5. The average Bonchev–Trinajstić information content (AvgIpc) is 2.39. The summed E-state index contributed by atoms with van der Waals surface area (Å²) in [5, 5.41) is 16.4. The van der Waals surface area contributed by atoms with Crippen molar-refractivity contribution in [3.63, 3.8) is 0 Å². The third-order valence-electron chi connectivity index (χ3n) is 2.58. The smallest absolute Gasteiger partial charge is 0.265 e. The number of rotatable bonds is 3. The van der Waals surface area contributed by atoms with Crippen molar-refractivity contribution in [2.24, 2.45) is 0 Å². The van der Waals surface area contributed by atoms with Crippen LogP contribution in [0.15, 0.2) is 12.3 Å². The summed E-state index contributed by atoms with van der Waals surface area (Å²) >= 11 is 0. The Hall–Kier alpha value is -1.34. The van der Waals surface area contributed by atoms with E-state index in [0.717, 1.165) is 6.20 Å². The van der Waals surface area contributed by atoms with Crippen molar-refractivity contribution in [2.75, 3.05) is 31.2 Å². The number of alkyl halides is 2. The first kappa shape index (κ1) is 12.1. The SMILES string of the molecule is OC[C@@H]1CN(c2cc(C(F)F)cnn2)CCO1. The van der Waals surface area contributed by atoms with Gasteiger partial charge < -0.3 is 14.7 Å². The number of nitrogens with zero attached hydrogens (tertiary/aromatic N) is 3. The molecule has 1 aliphatic heterocycles. The minimum absolute atomic E-state index is 0.0987. The van der Waals surface area contributed by atoms with Crippen molar-refractivity contribution in [2.45, 2.75) is 12.5 Å². The number of halogens is 2. The van der Waals surface area contributed by atoms with Crippen LogP contribution in [0.1, 0.15) is 12.0 Å². The maximum absolute atomic E-state index is 12.5. The number of morpholine rings is 1. The minimum Gasteiger partial charge on any atom is -0.394 e. The van der Waals surface area contributed by atoms with Gasteiger partial charge in [0.15, 0.2) is 5.82 Å². The van der Waals surface area contributed by atoms with Crippen LogP contribution in [0.5, 0.6) is 0 Å². The molecule has 1 N–H and O–H groups in total. The van der Waals surface area contributed by atoms with E-state index in [1.54, 1.807) is 4.90 Å². The molecule has 1 fully saturated rings. The molecular formula is C10H13F2N3O2. The van der Waals surface area contributed by atoms with Gasteiger partial charge in [0.1, 0.15) is 0 Å². The zero-order valence-electron chi connectivity index (χ0n) is 9.09. The third kappa shape index (κ3) is 2.86. The predicted octanol–water partition coefficient (Wildman–Crippen LogP) is 0.612. The van der Waals surface area contributed by atoms with Gasteiger partial charge in [-0.3, -0.25) is 0 Å². The lowest BCUT2D eigenvalue weighted by Gasteiger charge is -2.32. The highest BCUT2D eigenvalue weighted by atomic mass is 19.3. The van der Waals surface area contributed by atoms with E-state index in [1.165, 1.54) is 6.07 Å². The Balaban J connectivity index is 2.13. The highest BCUT2D eigenvalue weighted by molar-refractivity contribution is 5.40. The number of anilines is 1.